The Labute approximate surface area is 123 Å². The van der Waals surface area contributed by atoms with Crippen LogP contribution in [0.3, 0.4) is 0 Å². The molecule has 18 heavy (non-hydrogen) atoms. The molecule has 0 aliphatic carbocycles. The number of ether oxygens (including phenoxy) is 1. The van der Waals surface area contributed by atoms with Crippen LogP contribution in [0.15, 0.2) is 22.7 Å². The van der Waals surface area contributed by atoms with Crippen molar-refractivity contribution < 1.29 is 4.74 Å². The molecule has 1 atom stereocenters. The number of benzene rings is 1. The second kappa shape index (κ2) is 8.92. The van der Waals surface area contributed by atoms with E-state index < -0.39 is 0 Å². The SMILES string of the molecule is CCCNC(COCCC)c1cc(Br)ccc1Cl. The fraction of sp³-hybridized carbons (Fsp3) is 0.571. The normalized spacial score (nSPS) is 12.7. The van der Waals surface area contributed by atoms with Gasteiger partial charge in [0.25, 0.3) is 0 Å². The van der Waals surface area contributed by atoms with Gasteiger partial charge >= 0.3 is 0 Å². The summed E-state index contributed by atoms with van der Waals surface area (Å²) in [6.07, 6.45) is 2.13. The van der Waals surface area contributed by atoms with Gasteiger partial charge in [0.2, 0.25) is 0 Å². The van der Waals surface area contributed by atoms with Crippen LogP contribution in [0.25, 0.3) is 0 Å². The van der Waals surface area contributed by atoms with Crippen LogP contribution in [-0.4, -0.2) is 19.8 Å². The molecule has 0 bridgehead atoms. The average Bonchev–Trinajstić information content (AvgIpc) is 2.37. The van der Waals surface area contributed by atoms with Gasteiger partial charge in [-0.15, -0.1) is 0 Å². The van der Waals surface area contributed by atoms with Crippen LogP contribution in [0.1, 0.15) is 38.3 Å². The van der Waals surface area contributed by atoms with E-state index in [2.05, 4.69) is 41.2 Å². The molecule has 0 aromatic heterocycles. The Balaban J connectivity index is 2.75. The zero-order valence-electron chi connectivity index (χ0n) is 11.0. The Kier molecular flexibility index (Phi) is 7.91. The zero-order chi connectivity index (χ0) is 13.4. The van der Waals surface area contributed by atoms with Crippen molar-refractivity contribution in [3.05, 3.63) is 33.3 Å². The fourth-order valence-electron chi connectivity index (χ4n) is 1.70. The van der Waals surface area contributed by atoms with Crippen molar-refractivity contribution >= 4 is 27.5 Å². The van der Waals surface area contributed by atoms with Crippen molar-refractivity contribution in [2.45, 2.75) is 32.7 Å². The molecule has 4 heteroatoms. The predicted molar refractivity (Wildman–Crippen MR) is 81.3 cm³/mol. The summed E-state index contributed by atoms with van der Waals surface area (Å²) in [4.78, 5) is 0. The zero-order valence-corrected chi connectivity index (χ0v) is 13.4. The van der Waals surface area contributed by atoms with E-state index >= 15 is 0 Å². The quantitative estimate of drug-likeness (QED) is 0.703. The van der Waals surface area contributed by atoms with E-state index in [1.165, 1.54) is 0 Å². The largest absolute Gasteiger partial charge is 0.379 e. The molecule has 0 saturated carbocycles. The van der Waals surface area contributed by atoms with Crippen LogP contribution in [0.2, 0.25) is 5.02 Å². The first-order valence-corrected chi connectivity index (χ1v) is 7.62. The molecular formula is C14H21BrClNO. The first kappa shape index (κ1) is 16.0. The summed E-state index contributed by atoms with van der Waals surface area (Å²) in [6, 6.07) is 6.09. The number of hydrogen-bond acceptors (Lipinski definition) is 2. The number of hydrogen-bond donors (Lipinski definition) is 1. The summed E-state index contributed by atoms with van der Waals surface area (Å²) in [5.74, 6) is 0. The van der Waals surface area contributed by atoms with E-state index in [0.29, 0.717) is 6.61 Å². The molecule has 0 aliphatic rings. The van der Waals surface area contributed by atoms with Crippen LogP contribution in [0.5, 0.6) is 0 Å². The highest BCUT2D eigenvalue weighted by molar-refractivity contribution is 9.10. The molecule has 0 amide bonds. The molecule has 0 saturated heterocycles. The number of halogens is 2. The van der Waals surface area contributed by atoms with Crippen LogP contribution in [0, 0.1) is 0 Å². The lowest BCUT2D eigenvalue weighted by atomic mass is 10.1. The monoisotopic (exact) mass is 333 g/mol. The van der Waals surface area contributed by atoms with Gasteiger partial charge < -0.3 is 10.1 Å². The molecule has 0 fully saturated rings. The Hall–Kier alpha value is -0.0900. The summed E-state index contributed by atoms with van der Waals surface area (Å²) in [7, 11) is 0. The second-order valence-corrected chi connectivity index (χ2v) is 5.57. The summed E-state index contributed by atoms with van der Waals surface area (Å²) < 4.78 is 6.70. The number of nitrogens with one attached hydrogen (secondary N) is 1. The van der Waals surface area contributed by atoms with Gasteiger partial charge in [0.05, 0.1) is 12.6 Å². The first-order valence-electron chi connectivity index (χ1n) is 6.45. The van der Waals surface area contributed by atoms with Gasteiger partial charge in [-0.25, -0.2) is 0 Å². The number of rotatable bonds is 8. The minimum Gasteiger partial charge on any atom is -0.379 e. The molecule has 1 aromatic carbocycles. The third-order valence-corrected chi connectivity index (χ3v) is 3.44. The van der Waals surface area contributed by atoms with Gasteiger partial charge in [-0.3, -0.25) is 0 Å². The van der Waals surface area contributed by atoms with Crippen LogP contribution >= 0.6 is 27.5 Å². The first-order chi connectivity index (χ1) is 8.69. The van der Waals surface area contributed by atoms with Crippen molar-refractivity contribution in [2.75, 3.05) is 19.8 Å². The minimum atomic E-state index is 0.154. The van der Waals surface area contributed by atoms with Gasteiger partial charge in [-0.2, -0.15) is 0 Å². The average molecular weight is 335 g/mol. The molecule has 0 aliphatic heterocycles. The third-order valence-electron chi connectivity index (χ3n) is 2.61. The summed E-state index contributed by atoms with van der Waals surface area (Å²) in [6.45, 7) is 6.67. The molecule has 1 unspecified atom stereocenters. The lowest BCUT2D eigenvalue weighted by Crippen LogP contribution is -2.26. The second-order valence-electron chi connectivity index (χ2n) is 4.25. The van der Waals surface area contributed by atoms with E-state index in [0.717, 1.165) is 41.1 Å². The van der Waals surface area contributed by atoms with Gasteiger partial charge in [0.15, 0.2) is 0 Å². The molecule has 1 rings (SSSR count). The molecule has 0 spiro atoms. The maximum Gasteiger partial charge on any atom is 0.0662 e. The van der Waals surface area contributed by atoms with Crippen molar-refractivity contribution in [1.29, 1.82) is 0 Å². The van der Waals surface area contributed by atoms with E-state index in [1.54, 1.807) is 0 Å². The van der Waals surface area contributed by atoms with E-state index in [1.807, 2.05) is 12.1 Å². The van der Waals surface area contributed by atoms with Crippen LogP contribution in [-0.2, 0) is 4.74 Å². The summed E-state index contributed by atoms with van der Waals surface area (Å²) in [5.41, 5.74) is 1.09. The van der Waals surface area contributed by atoms with Gasteiger partial charge in [-0.1, -0.05) is 41.4 Å². The van der Waals surface area contributed by atoms with Gasteiger partial charge in [0.1, 0.15) is 0 Å². The van der Waals surface area contributed by atoms with Crippen LogP contribution < -0.4 is 5.32 Å². The minimum absolute atomic E-state index is 0.154. The van der Waals surface area contributed by atoms with Crippen molar-refractivity contribution in [3.63, 3.8) is 0 Å². The molecule has 1 aromatic rings. The van der Waals surface area contributed by atoms with E-state index in [-0.39, 0.29) is 6.04 Å². The predicted octanol–water partition coefficient (Wildman–Crippen LogP) is 4.57. The van der Waals surface area contributed by atoms with Gasteiger partial charge in [0, 0.05) is 16.1 Å². The fourth-order valence-corrected chi connectivity index (χ4v) is 2.33. The van der Waals surface area contributed by atoms with Gasteiger partial charge in [-0.05, 0) is 43.1 Å². The standard InChI is InChI=1S/C14H21BrClNO/c1-3-7-17-14(10-18-8-4-2)12-9-11(15)5-6-13(12)16/h5-6,9,14,17H,3-4,7-8,10H2,1-2H3. The highest BCUT2D eigenvalue weighted by Gasteiger charge is 2.14. The van der Waals surface area contributed by atoms with E-state index in [9.17, 15) is 0 Å². The highest BCUT2D eigenvalue weighted by Crippen LogP contribution is 2.27. The highest BCUT2D eigenvalue weighted by atomic mass is 79.9. The topological polar surface area (TPSA) is 21.3 Å². The molecule has 102 valence electrons. The lowest BCUT2D eigenvalue weighted by molar-refractivity contribution is 0.112. The Morgan fingerprint density at radius 1 is 1.33 bits per heavy atom. The Morgan fingerprint density at radius 3 is 2.78 bits per heavy atom. The molecule has 1 N–H and O–H groups in total. The summed E-state index contributed by atoms with van der Waals surface area (Å²) in [5, 5.41) is 4.27. The van der Waals surface area contributed by atoms with Crippen molar-refractivity contribution in [1.82, 2.24) is 5.32 Å². The van der Waals surface area contributed by atoms with Crippen molar-refractivity contribution in [2.24, 2.45) is 0 Å². The molecule has 0 radical (unpaired) electrons. The maximum absolute atomic E-state index is 6.27. The van der Waals surface area contributed by atoms with Crippen molar-refractivity contribution in [3.8, 4) is 0 Å². The van der Waals surface area contributed by atoms with E-state index in [4.69, 9.17) is 16.3 Å². The molecule has 0 heterocycles. The third kappa shape index (κ3) is 5.27. The molecular weight excluding hydrogens is 314 g/mol. The Bertz CT molecular complexity index is 360. The van der Waals surface area contributed by atoms with Crippen LogP contribution in [0.4, 0.5) is 0 Å². The summed E-state index contributed by atoms with van der Waals surface area (Å²) >= 11 is 9.75. The smallest absolute Gasteiger partial charge is 0.0662 e. The Morgan fingerprint density at radius 2 is 2.11 bits per heavy atom. The lowest BCUT2D eigenvalue weighted by Gasteiger charge is -2.20. The maximum atomic E-state index is 6.27. The molecule has 2 nitrogen and oxygen atoms in total.